The average Bonchev–Trinajstić information content (AvgIpc) is 2.89. The molecule has 1 aliphatic heterocycles. The molecule has 0 aliphatic carbocycles. The summed E-state index contributed by atoms with van der Waals surface area (Å²) in [4.78, 5) is 18.8. The molecule has 0 saturated carbocycles. The normalized spacial score (nSPS) is 15.5. The Bertz CT molecular complexity index is 1430. The highest BCUT2D eigenvalue weighted by Crippen LogP contribution is 2.35. The predicted molar refractivity (Wildman–Crippen MR) is 137 cm³/mol. The number of aromatic nitrogens is 1. The summed E-state index contributed by atoms with van der Waals surface area (Å²) in [6.45, 7) is 0.835. The van der Waals surface area contributed by atoms with E-state index >= 15 is 0 Å². The van der Waals surface area contributed by atoms with Gasteiger partial charge in [-0.2, -0.15) is 13.2 Å². The molecule has 2 N–H and O–H groups in total. The molecule has 9 heteroatoms. The van der Waals surface area contributed by atoms with Crippen molar-refractivity contribution in [1.29, 1.82) is 0 Å². The summed E-state index contributed by atoms with van der Waals surface area (Å²) in [6.07, 6.45) is -2.15. The average molecular weight is 526 g/mol. The fraction of sp³-hybridized carbons (Fsp3) is 0.214. The second-order valence-corrected chi connectivity index (χ2v) is 9.56. The van der Waals surface area contributed by atoms with Crippen molar-refractivity contribution in [3.8, 4) is 0 Å². The van der Waals surface area contributed by atoms with Crippen LogP contribution in [0.15, 0.2) is 79.0 Å². The number of amides is 1. The number of anilines is 2. The van der Waals surface area contributed by atoms with Gasteiger partial charge < -0.3 is 15.3 Å². The number of fused-ring (bicyclic) bond motifs is 1. The van der Waals surface area contributed by atoms with Gasteiger partial charge in [0.1, 0.15) is 0 Å². The number of nitrogens with one attached hydrogen (secondary N) is 1. The van der Waals surface area contributed by atoms with Crippen LogP contribution in [0.3, 0.4) is 0 Å². The van der Waals surface area contributed by atoms with Crippen molar-refractivity contribution in [3.05, 3.63) is 101 Å². The Labute approximate surface area is 216 Å². The van der Waals surface area contributed by atoms with Crippen LogP contribution in [-0.4, -0.2) is 34.0 Å². The van der Waals surface area contributed by atoms with E-state index in [0.717, 1.165) is 17.7 Å². The SMILES string of the molecule is O=C(c1ccc(Nc2ccnc3cc(C(F)(F)F)ccc23)cc1)N1CCC(O)(c2ccc(Cl)cc2)CC1. The molecule has 5 nitrogen and oxygen atoms in total. The number of carbonyl (C=O) groups is 1. The molecule has 0 unspecified atom stereocenters. The number of benzene rings is 3. The monoisotopic (exact) mass is 525 g/mol. The molecule has 0 bridgehead atoms. The lowest BCUT2D eigenvalue weighted by Crippen LogP contribution is -2.45. The standard InChI is InChI=1S/C28H23ClF3N3O2/c29-21-6-3-19(4-7-21)27(37)12-15-35(16-13-27)26(36)18-1-8-22(9-2-18)34-24-11-14-33-25-17-20(28(30,31)32)5-10-23(24)25/h1-11,14,17,37H,12-13,15-16H2,(H,33,34). The number of pyridine rings is 1. The number of hydrogen-bond acceptors (Lipinski definition) is 4. The third-order valence-corrected chi connectivity index (χ3v) is 6.99. The van der Waals surface area contributed by atoms with Crippen molar-refractivity contribution in [2.75, 3.05) is 18.4 Å². The molecular formula is C28H23ClF3N3O2. The number of nitrogens with zero attached hydrogens (tertiary/aromatic N) is 2. The Balaban J connectivity index is 1.26. The molecule has 0 spiro atoms. The van der Waals surface area contributed by atoms with Crippen LogP contribution in [0.4, 0.5) is 24.5 Å². The minimum absolute atomic E-state index is 0.126. The molecule has 0 radical (unpaired) electrons. The third kappa shape index (κ3) is 5.26. The van der Waals surface area contributed by atoms with E-state index in [1.165, 1.54) is 12.3 Å². The first-order valence-corrected chi connectivity index (χ1v) is 12.1. The van der Waals surface area contributed by atoms with Gasteiger partial charge in [-0.05, 0) is 73.0 Å². The van der Waals surface area contributed by atoms with E-state index in [-0.39, 0.29) is 11.4 Å². The summed E-state index contributed by atoms with van der Waals surface area (Å²) in [5.41, 5.74) is 1.07. The lowest BCUT2D eigenvalue weighted by atomic mass is 9.84. The highest BCUT2D eigenvalue weighted by molar-refractivity contribution is 6.30. The van der Waals surface area contributed by atoms with Gasteiger partial charge in [-0.25, -0.2) is 0 Å². The molecule has 37 heavy (non-hydrogen) atoms. The second kappa shape index (κ2) is 9.68. The van der Waals surface area contributed by atoms with Crippen LogP contribution in [0.2, 0.25) is 5.02 Å². The van der Waals surface area contributed by atoms with Gasteiger partial charge in [-0.15, -0.1) is 0 Å². The number of hydrogen-bond donors (Lipinski definition) is 2. The molecule has 190 valence electrons. The molecule has 1 amide bonds. The smallest absolute Gasteiger partial charge is 0.385 e. The van der Waals surface area contributed by atoms with E-state index in [1.54, 1.807) is 47.4 Å². The molecule has 1 saturated heterocycles. The van der Waals surface area contributed by atoms with Gasteiger partial charge in [0, 0.05) is 46.6 Å². The number of alkyl halides is 3. The Morgan fingerprint density at radius 1 is 0.973 bits per heavy atom. The molecule has 1 fully saturated rings. The molecule has 4 aromatic rings. The number of piperidine rings is 1. The number of likely N-dealkylation sites (tertiary alicyclic amines) is 1. The van der Waals surface area contributed by atoms with Crippen LogP contribution in [0.5, 0.6) is 0 Å². The van der Waals surface area contributed by atoms with Gasteiger partial charge in [-0.1, -0.05) is 29.8 Å². The van der Waals surface area contributed by atoms with E-state index in [9.17, 15) is 23.1 Å². The lowest BCUT2D eigenvalue weighted by Gasteiger charge is -2.38. The van der Waals surface area contributed by atoms with E-state index in [4.69, 9.17) is 11.6 Å². The summed E-state index contributed by atoms with van der Waals surface area (Å²) in [7, 11) is 0. The van der Waals surface area contributed by atoms with E-state index in [1.807, 2.05) is 12.1 Å². The van der Waals surface area contributed by atoms with E-state index < -0.39 is 17.3 Å². The van der Waals surface area contributed by atoms with Gasteiger partial charge in [0.05, 0.1) is 16.7 Å². The van der Waals surface area contributed by atoms with Crippen LogP contribution < -0.4 is 5.32 Å². The molecule has 3 aromatic carbocycles. The fourth-order valence-corrected chi connectivity index (χ4v) is 4.72. The summed E-state index contributed by atoms with van der Waals surface area (Å²) >= 11 is 5.95. The van der Waals surface area contributed by atoms with Gasteiger partial charge in [0.15, 0.2) is 0 Å². The first-order chi connectivity index (χ1) is 17.6. The quantitative estimate of drug-likeness (QED) is 0.308. The minimum atomic E-state index is -4.44. The topological polar surface area (TPSA) is 65.5 Å². The molecule has 2 heterocycles. The Morgan fingerprint density at radius 3 is 2.30 bits per heavy atom. The van der Waals surface area contributed by atoms with Crippen molar-refractivity contribution < 1.29 is 23.1 Å². The maximum atomic E-state index is 13.1. The Hall–Kier alpha value is -3.62. The van der Waals surface area contributed by atoms with Crippen molar-refractivity contribution in [3.63, 3.8) is 0 Å². The maximum absolute atomic E-state index is 13.1. The van der Waals surface area contributed by atoms with Gasteiger partial charge >= 0.3 is 6.18 Å². The molecular weight excluding hydrogens is 503 g/mol. The van der Waals surface area contributed by atoms with Gasteiger partial charge in [-0.3, -0.25) is 9.78 Å². The third-order valence-electron chi connectivity index (χ3n) is 6.74. The second-order valence-electron chi connectivity index (χ2n) is 9.12. The van der Waals surface area contributed by atoms with Crippen LogP contribution in [-0.2, 0) is 11.8 Å². The lowest BCUT2D eigenvalue weighted by molar-refractivity contribution is -0.137. The first-order valence-electron chi connectivity index (χ1n) is 11.7. The van der Waals surface area contributed by atoms with Crippen LogP contribution in [0.25, 0.3) is 10.9 Å². The summed E-state index contributed by atoms with van der Waals surface area (Å²) in [5.74, 6) is -0.126. The fourth-order valence-electron chi connectivity index (χ4n) is 4.60. The zero-order valence-electron chi connectivity index (χ0n) is 19.6. The number of carbonyl (C=O) groups excluding carboxylic acids is 1. The minimum Gasteiger partial charge on any atom is -0.385 e. The van der Waals surface area contributed by atoms with Crippen LogP contribution in [0.1, 0.15) is 34.3 Å². The number of rotatable bonds is 4. The predicted octanol–water partition coefficient (Wildman–Crippen LogP) is 6.77. The van der Waals surface area contributed by atoms with E-state index in [0.29, 0.717) is 53.3 Å². The van der Waals surface area contributed by atoms with Crippen molar-refractivity contribution in [2.24, 2.45) is 0 Å². The highest BCUT2D eigenvalue weighted by Gasteiger charge is 2.35. The largest absolute Gasteiger partial charge is 0.416 e. The number of halogens is 4. The van der Waals surface area contributed by atoms with E-state index in [2.05, 4.69) is 10.3 Å². The molecule has 1 aromatic heterocycles. The van der Waals surface area contributed by atoms with Crippen LogP contribution >= 0.6 is 11.6 Å². The molecule has 0 atom stereocenters. The van der Waals surface area contributed by atoms with Crippen LogP contribution in [0, 0.1) is 0 Å². The Kier molecular flexibility index (Phi) is 6.56. The summed E-state index contributed by atoms with van der Waals surface area (Å²) in [6, 6.07) is 19.2. The maximum Gasteiger partial charge on any atom is 0.416 e. The Morgan fingerprint density at radius 2 is 1.65 bits per heavy atom. The zero-order valence-corrected chi connectivity index (χ0v) is 20.4. The molecule has 5 rings (SSSR count). The zero-order chi connectivity index (χ0) is 26.2. The summed E-state index contributed by atoms with van der Waals surface area (Å²) < 4.78 is 39.1. The number of aliphatic hydroxyl groups is 1. The highest BCUT2D eigenvalue weighted by atomic mass is 35.5. The molecule has 1 aliphatic rings. The first kappa shape index (κ1) is 25.0. The van der Waals surface area contributed by atoms with Crippen molar-refractivity contribution in [1.82, 2.24) is 9.88 Å². The summed E-state index contributed by atoms with van der Waals surface area (Å²) in [5, 5.41) is 15.4. The van der Waals surface area contributed by atoms with Gasteiger partial charge in [0.25, 0.3) is 5.91 Å². The van der Waals surface area contributed by atoms with Gasteiger partial charge in [0.2, 0.25) is 0 Å². The van der Waals surface area contributed by atoms with Crippen molar-refractivity contribution in [2.45, 2.75) is 24.6 Å². The van der Waals surface area contributed by atoms with Crippen molar-refractivity contribution >= 4 is 39.8 Å².